The third-order valence-corrected chi connectivity index (χ3v) is 7.39. The molecule has 1 aliphatic carbocycles. The van der Waals surface area contributed by atoms with Gasteiger partial charge in [-0.15, -0.1) is 0 Å². The van der Waals surface area contributed by atoms with Gasteiger partial charge in [0.2, 0.25) is 0 Å². The van der Waals surface area contributed by atoms with Crippen LogP contribution in [0.3, 0.4) is 0 Å². The molecule has 0 fully saturated rings. The van der Waals surface area contributed by atoms with Crippen molar-refractivity contribution in [3.05, 3.63) is 115 Å². The van der Waals surface area contributed by atoms with Crippen LogP contribution in [0.25, 0.3) is 55.3 Å². The van der Waals surface area contributed by atoms with E-state index in [4.69, 9.17) is 4.42 Å². The quantitative estimate of drug-likeness (QED) is 0.271. The van der Waals surface area contributed by atoms with Crippen LogP contribution in [0.2, 0.25) is 0 Å². The molecule has 2 aromatic heterocycles. The highest BCUT2D eigenvalue weighted by Crippen LogP contribution is 2.53. The lowest BCUT2D eigenvalue weighted by Crippen LogP contribution is -2.14. The van der Waals surface area contributed by atoms with Crippen LogP contribution in [0.4, 0.5) is 0 Å². The molecule has 1 aliphatic rings. The Kier molecular flexibility index (Phi) is 3.93. The minimum absolute atomic E-state index is 0.0556. The Morgan fingerprint density at radius 1 is 0.647 bits per heavy atom. The fourth-order valence-electron chi connectivity index (χ4n) is 5.63. The van der Waals surface area contributed by atoms with E-state index >= 15 is 0 Å². The number of aromatic nitrogens is 1. The highest BCUT2D eigenvalue weighted by Gasteiger charge is 2.37. The minimum Gasteiger partial charge on any atom is -0.456 e. The Balaban J connectivity index is 1.42. The molecule has 0 saturated heterocycles. The van der Waals surface area contributed by atoms with Gasteiger partial charge in [-0.25, -0.2) is 0 Å². The molecule has 0 saturated carbocycles. The summed E-state index contributed by atoms with van der Waals surface area (Å²) in [6, 6.07) is 32.5. The fraction of sp³-hybridized carbons (Fsp3) is 0.0938. The minimum atomic E-state index is -0.0556. The van der Waals surface area contributed by atoms with E-state index in [1.54, 1.807) is 0 Å². The molecule has 0 N–H and O–H groups in total. The zero-order valence-electron chi connectivity index (χ0n) is 19.2. The number of para-hydroxylation sites is 1. The molecular formula is C32H23NO. The largest absolute Gasteiger partial charge is 0.456 e. The summed E-state index contributed by atoms with van der Waals surface area (Å²) in [5.74, 6) is 0. The second-order valence-electron chi connectivity index (χ2n) is 9.66. The first-order valence-corrected chi connectivity index (χ1v) is 11.7. The Bertz CT molecular complexity index is 1710. The summed E-state index contributed by atoms with van der Waals surface area (Å²) < 4.78 is 6.23. The van der Waals surface area contributed by atoms with Gasteiger partial charge in [0.15, 0.2) is 0 Å². The number of rotatable bonds is 2. The number of pyridine rings is 1. The summed E-state index contributed by atoms with van der Waals surface area (Å²) in [6.45, 7) is 4.66. The van der Waals surface area contributed by atoms with E-state index in [0.717, 1.165) is 16.7 Å². The van der Waals surface area contributed by atoms with Gasteiger partial charge in [0.1, 0.15) is 11.2 Å². The second-order valence-corrected chi connectivity index (χ2v) is 9.66. The van der Waals surface area contributed by atoms with Gasteiger partial charge >= 0.3 is 0 Å². The van der Waals surface area contributed by atoms with E-state index in [1.165, 1.54) is 49.7 Å². The van der Waals surface area contributed by atoms with Crippen molar-refractivity contribution in [2.75, 3.05) is 0 Å². The second kappa shape index (κ2) is 6.91. The number of fused-ring (bicyclic) bond motifs is 7. The summed E-state index contributed by atoms with van der Waals surface area (Å²) in [7, 11) is 0. The molecule has 2 heteroatoms. The standard InChI is InChI=1S/C32H23NO/c1-32(2)26-14-13-22(20-9-11-21(12-10-20)23-6-5-17-33-19-23)18-25(26)30-27(32)15-16-29-31(30)24-7-3-4-8-28(24)34-29/h3-19H,1-2H3. The van der Waals surface area contributed by atoms with Crippen LogP contribution in [-0.4, -0.2) is 4.98 Å². The van der Waals surface area contributed by atoms with Crippen molar-refractivity contribution in [1.82, 2.24) is 4.98 Å². The fourth-order valence-corrected chi connectivity index (χ4v) is 5.63. The molecule has 2 nitrogen and oxygen atoms in total. The number of benzene rings is 4. The zero-order chi connectivity index (χ0) is 22.9. The van der Waals surface area contributed by atoms with E-state index in [0.29, 0.717) is 0 Å². The van der Waals surface area contributed by atoms with E-state index in [-0.39, 0.29) is 5.41 Å². The molecule has 2 heterocycles. The van der Waals surface area contributed by atoms with E-state index in [9.17, 15) is 0 Å². The molecule has 4 aromatic carbocycles. The third kappa shape index (κ3) is 2.66. The molecule has 0 unspecified atom stereocenters. The van der Waals surface area contributed by atoms with Crippen LogP contribution in [0.15, 0.2) is 108 Å². The molecule has 0 radical (unpaired) electrons. The van der Waals surface area contributed by atoms with Crippen molar-refractivity contribution in [1.29, 1.82) is 0 Å². The van der Waals surface area contributed by atoms with Crippen LogP contribution in [0.5, 0.6) is 0 Å². The summed E-state index contributed by atoms with van der Waals surface area (Å²) in [4.78, 5) is 4.25. The Hall–Kier alpha value is -4.17. The summed E-state index contributed by atoms with van der Waals surface area (Å²) in [6.07, 6.45) is 3.71. The lowest BCUT2D eigenvalue weighted by atomic mass is 9.82. The lowest BCUT2D eigenvalue weighted by Gasteiger charge is -2.21. The number of nitrogens with zero attached hydrogens (tertiary/aromatic N) is 1. The first-order chi connectivity index (χ1) is 16.6. The van der Waals surface area contributed by atoms with Gasteiger partial charge in [0, 0.05) is 28.6 Å². The Labute approximate surface area is 198 Å². The molecular weight excluding hydrogens is 414 g/mol. The van der Waals surface area contributed by atoms with E-state index in [2.05, 4.69) is 97.7 Å². The van der Waals surface area contributed by atoms with Crippen LogP contribution in [-0.2, 0) is 5.41 Å². The molecule has 0 bridgehead atoms. The first-order valence-electron chi connectivity index (χ1n) is 11.7. The van der Waals surface area contributed by atoms with Crippen molar-refractivity contribution in [3.63, 3.8) is 0 Å². The molecule has 34 heavy (non-hydrogen) atoms. The molecule has 6 aromatic rings. The SMILES string of the molecule is CC1(C)c2ccc(-c3ccc(-c4cccnc4)cc3)cc2-c2c1ccc1oc3ccccc3c21. The summed E-state index contributed by atoms with van der Waals surface area (Å²) >= 11 is 0. The Morgan fingerprint density at radius 3 is 2.18 bits per heavy atom. The van der Waals surface area contributed by atoms with Crippen molar-refractivity contribution >= 4 is 21.9 Å². The maximum Gasteiger partial charge on any atom is 0.136 e. The van der Waals surface area contributed by atoms with Gasteiger partial charge in [-0.1, -0.05) is 80.6 Å². The monoisotopic (exact) mass is 437 g/mol. The predicted octanol–water partition coefficient (Wildman–Crippen LogP) is 8.62. The number of hydrogen-bond acceptors (Lipinski definition) is 2. The molecule has 0 aliphatic heterocycles. The van der Waals surface area contributed by atoms with Crippen molar-refractivity contribution in [3.8, 4) is 33.4 Å². The number of hydrogen-bond donors (Lipinski definition) is 0. The summed E-state index contributed by atoms with van der Waals surface area (Å²) in [5, 5.41) is 2.41. The third-order valence-electron chi connectivity index (χ3n) is 7.39. The smallest absolute Gasteiger partial charge is 0.136 e. The van der Waals surface area contributed by atoms with Gasteiger partial charge in [0.05, 0.1) is 0 Å². The van der Waals surface area contributed by atoms with Crippen LogP contribution < -0.4 is 0 Å². The topological polar surface area (TPSA) is 26.0 Å². The van der Waals surface area contributed by atoms with Gasteiger partial charge in [-0.3, -0.25) is 4.98 Å². The highest BCUT2D eigenvalue weighted by molar-refractivity contribution is 6.15. The van der Waals surface area contributed by atoms with Crippen molar-refractivity contribution in [2.24, 2.45) is 0 Å². The zero-order valence-corrected chi connectivity index (χ0v) is 19.2. The average Bonchev–Trinajstić information content (AvgIpc) is 3.37. The Morgan fingerprint density at radius 2 is 1.38 bits per heavy atom. The maximum absolute atomic E-state index is 6.23. The van der Waals surface area contributed by atoms with E-state index < -0.39 is 0 Å². The van der Waals surface area contributed by atoms with Crippen LogP contribution in [0.1, 0.15) is 25.0 Å². The van der Waals surface area contributed by atoms with Gasteiger partial charge < -0.3 is 4.42 Å². The lowest BCUT2D eigenvalue weighted by molar-refractivity contribution is 0.656. The van der Waals surface area contributed by atoms with Gasteiger partial charge in [0.25, 0.3) is 0 Å². The summed E-state index contributed by atoms with van der Waals surface area (Å²) in [5.41, 5.74) is 12.0. The molecule has 162 valence electrons. The van der Waals surface area contributed by atoms with E-state index in [1.807, 2.05) is 24.5 Å². The predicted molar refractivity (Wildman–Crippen MR) is 140 cm³/mol. The van der Waals surface area contributed by atoms with Gasteiger partial charge in [-0.05, 0) is 68.8 Å². The highest BCUT2D eigenvalue weighted by atomic mass is 16.3. The molecule has 0 spiro atoms. The molecule has 0 atom stereocenters. The number of furan rings is 1. The van der Waals surface area contributed by atoms with Crippen LogP contribution in [0, 0.1) is 0 Å². The van der Waals surface area contributed by atoms with Crippen molar-refractivity contribution in [2.45, 2.75) is 19.3 Å². The van der Waals surface area contributed by atoms with Gasteiger partial charge in [-0.2, -0.15) is 0 Å². The average molecular weight is 438 g/mol. The molecule has 0 amide bonds. The normalized spacial score (nSPS) is 13.8. The molecule has 7 rings (SSSR count). The maximum atomic E-state index is 6.23. The van der Waals surface area contributed by atoms with Crippen LogP contribution >= 0.6 is 0 Å². The first kappa shape index (κ1) is 19.3. The van der Waals surface area contributed by atoms with Crippen molar-refractivity contribution < 1.29 is 4.42 Å².